The number of ether oxygens (including phenoxy) is 1. The first-order valence-electron chi connectivity index (χ1n) is 5.57. The molecule has 0 bridgehead atoms. The zero-order valence-corrected chi connectivity index (χ0v) is 11.5. The van der Waals surface area contributed by atoms with Crippen molar-refractivity contribution in [2.24, 2.45) is 0 Å². The van der Waals surface area contributed by atoms with Gasteiger partial charge >= 0.3 is 0 Å². The normalized spacial score (nSPS) is 24.8. The predicted molar refractivity (Wildman–Crippen MR) is 68.9 cm³/mol. The maximum Gasteiger partial charge on any atom is 0.128 e. The minimum absolute atomic E-state index is 0.288. The van der Waals surface area contributed by atoms with E-state index in [-0.39, 0.29) is 6.10 Å². The second-order valence-electron chi connectivity index (χ2n) is 4.28. The smallest absolute Gasteiger partial charge is 0.128 e. The molecule has 16 heavy (non-hydrogen) atoms. The molecule has 0 aliphatic carbocycles. The van der Waals surface area contributed by atoms with Crippen molar-refractivity contribution < 1.29 is 4.74 Å². The van der Waals surface area contributed by atoms with Crippen LogP contribution in [0.15, 0.2) is 16.6 Å². The summed E-state index contributed by atoms with van der Waals surface area (Å²) >= 11 is 3.47. The van der Waals surface area contributed by atoms with E-state index in [9.17, 15) is 0 Å². The molecular weight excluding hydrogens is 268 g/mol. The number of aromatic nitrogens is 1. The van der Waals surface area contributed by atoms with Crippen LogP contribution in [0.1, 0.15) is 19.0 Å². The molecule has 0 amide bonds. The maximum absolute atomic E-state index is 5.58. The molecule has 2 heterocycles. The summed E-state index contributed by atoms with van der Waals surface area (Å²) in [6, 6.07) is 4.53. The van der Waals surface area contributed by atoms with Gasteiger partial charge in [-0.05, 0) is 48.3 Å². The van der Waals surface area contributed by atoms with Gasteiger partial charge in [-0.25, -0.2) is 4.98 Å². The lowest BCUT2D eigenvalue weighted by Crippen LogP contribution is -2.37. The second kappa shape index (κ2) is 4.72. The number of halogens is 1. The van der Waals surface area contributed by atoms with E-state index >= 15 is 0 Å². The molecule has 0 aromatic carbocycles. The first kappa shape index (κ1) is 11.9. The molecule has 1 aliphatic heterocycles. The van der Waals surface area contributed by atoms with Gasteiger partial charge in [-0.15, -0.1) is 0 Å². The van der Waals surface area contributed by atoms with Crippen LogP contribution in [0.5, 0.6) is 0 Å². The summed E-state index contributed by atoms with van der Waals surface area (Å²) in [5.41, 5.74) is 1.02. The molecular formula is C12H17BrN2O. The van der Waals surface area contributed by atoms with E-state index in [1.54, 1.807) is 0 Å². The average molecular weight is 285 g/mol. The fourth-order valence-corrected chi connectivity index (χ4v) is 2.35. The molecule has 88 valence electrons. The highest BCUT2D eigenvalue weighted by Gasteiger charge is 2.28. The van der Waals surface area contributed by atoms with Gasteiger partial charge in [0.2, 0.25) is 0 Å². The molecule has 0 N–H and O–H groups in total. The van der Waals surface area contributed by atoms with Crippen LogP contribution >= 0.6 is 15.9 Å². The Hall–Kier alpha value is -0.610. The molecule has 1 aliphatic rings. The lowest BCUT2D eigenvalue weighted by Gasteiger charge is -2.28. The number of hydrogen-bond acceptors (Lipinski definition) is 3. The van der Waals surface area contributed by atoms with E-state index in [0.717, 1.165) is 29.0 Å². The molecule has 3 nitrogen and oxygen atoms in total. The zero-order valence-electron chi connectivity index (χ0n) is 9.90. The number of hydrogen-bond donors (Lipinski definition) is 0. The molecule has 1 aromatic heterocycles. The summed E-state index contributed by atoms with van der Waals surface area (Å²) in [5, 5.41) is 0. The number of rotatable bonds is 2. The molecule has 0 saturated carbocycles. The monoisotopic (exact) mass is 284 g/mol. The topological polar surface area (TPSA) is 25.4 Å². The van der Waals surface area contributed by atoms with Crippen molar-refractivity contribution in [2.75, 3.05) is 18.6 Å². The van der Waals surface area contributed by atoms with Crippen molar-refractivity contribution >= 4 is 21.7 Å². The van der Waals surface area contributed by atoms with E-state index in [1.807, 2.05) is 13.0 Å². The van der Waals surface area contributed by atoms with Crippen molar-refractivity contribution in [3.8, 4) is 0 Å². The summed E-state index contributed by atoms with van der Waals surface area (Å²) in [6.07, 6.45) is 1.37. The van der Waals surface area contributed by atoms with E-state index in [0.29, 0.717) is 6.04 Å². The maximum atomic E-state index is 5.58. The Bertz CT molecular complexity index is 383. The minimum Gasteiger partial charge on any atom is -0.376 e. The average Bonchev–Trinajstić information content (AvgIpc) is 2.67. The molecule has 2 atom stereocenters. The molecule has 0 radical (unpaired) electrons. The van der Waals surface area contributed by atoms with Gasteiger partial charge in [-0.1, -0.05) is 0 Å². The molecule has 1 fully saturated rings. The fourth-order valence-electron chi connectivity index (χ4n) is 2.13. The third kappa shape index (κ3) is 2.23. The fraction of sp³-hybridized carbons (Fsp3) is 0.583. The Kier molecular flexibility index (Phi) is 3.50. The van der Waals surface area contributed by atoms with Crippen LogP contribution in [-0.2, 0) is 4.74 Å². The Balaban J connectivity index is 2.20. The Labute approximate surface area is 105 Å². The van der Waals surface area contributed by atoms with Crippen LogP contribution in [0.2, 0.25) is 0 Å². The lowest BCUT2D eigenvalue weighted by molar-refractivity contribution is 0.118. The number of pyridine rings is 1. The largest absolute Gasteiger partial charge is 0.376 e. The van der Waals surface area contributed by atoms with Gasteiger partial charge in [-0.2, -0.15) is 0 Å². The second-order valence-corrected chi connectivity index (χ2v) is 5.13. The number of nitrogens with zero attached hydrogens (tertiary/aromatic N) is 2. The van der Waals surface area contributed by atoms with E-state index in [2.05, 4.69) is 45.9 Å². The lowest BCUT2D eigenvalue weighted by atomic mass is 10.1. The van der Waals surface area contributed by atoms with Gasteiger partial charge in [0, 0.05) is 18.1 Å². The summed E-state index contributed by atoms with van der Waals surface area (Å²) < 4.78 is 6.64. The van der Waals surface area contributed by atoms with Crippen molar-refractivity contribution in [1.82, 2.24) is 4.98 Å². The Morgan fingerprint density at radius 2 is 2.25 bits per heavy atom. The van der Waals surface area contributed by atoms with Crippen LogP contribution in [0.25, 0.3) is 0 Å². The van der Waals surface area contributed by atoms with E-state index < -0.39 is 0 Å². The molecule has 1 saturated heterocycles. The van der Waals surface area contributed by atoms with Gasteiger partial charge in [0.05, 0.1) is 17.8 Å². The molecule has 2 unspecified atom stereocenters. The van der Waals surface area contributed by atoms with Gasteiger partial charge < -0.3 is 9.64 Å². The third-order valence-electron chi connectivity index (χ3n) is 3.20. The Morgan fingerprint density at radius 3 is 2.81 bits per heavy atom. The van der Waals surface area contributed by atoms with Crippen molar-refractivity contribution in [3.63, 3.8) is 0 Å². The van der Waals surface area contributed by atoms with Crippen molar-refractivity contribution in [3.05, 3.63) is 22.3 Å². The first-order chi connectivity index (χ1) is 7.59. The van der Waals surface area contributed by atoms with Crippen LogP contribution in [-0.4, -0.2) is 30.8 Å². The first-order valence-corrected chi connectivity index (χ1v) is 6.36. The van der Waals surface area contributed by atoms with Gasteiger partial charge in [0.25, 0.3) is 0 Å². The quantitative estimate of drug-likeness (QED) is 0.835. The highest BCUT2D eigenvalue weighted by Crippen LogP contribution is 2.24. The Morgan fingerprint density at radius 1 is 1.50 bits per heavy atom. The van der Waals surface area contributed by atoms with Gasteiger partial charge in [-0.3, -0.25) is 0 Å². The molecule has 2 rings (SSSR count). The van der Waals surface area contributed by atoms with Crippen LogP contribution in [0.3, 0.4) is 0 Å². The van der Waals surface area contributed by atoms with Crippen molar-refractivity contribution in [2.45, 2.75) is 32.4 Å². The van der Waals surface area contributed by atoms with Crippen LogP contribution in [0.4, 0.5) is 5.82 Å². The van der Waals surface area contributed by atoms with Crippen LogP contribution in [0, 0.1) is 6.92 Å². The minimum atomic E-state index is 0.288. The molecule has 1 aromatic rings. The summed E-state index contributed by atoms with van der Waals surface area (Å²) in [4.78, 5) is 6.79. The van der Waals surface area contributed by atoms with E-state index in [4.69, 9.17) is 4.74 Å². The highest BCUT2D eigenvalue weighted by molar-refractivity contribution is 9.10. The van der Waals surface area contributed by atoms with Gasteiger partial charge in [0.1, 0.15) is 5.82 Å². The number of aryl methyl sites for hydroxylation is 1. The molecule has 0 spiro atoms. The van der Waals surface area contributed by atoms with Crippen molar-refractivity contribution in [1.29, 1.82) is 0 Å². The summed E-state index contributed by atoms with van der Waals surface area (Å²) in [7, 11) is 2.09. The number of likely N-dealkylation sites (N-methyl/N-ethyl adjacent to an activating group) is 1. The zero-order chi connectivity index (χ0) is 11.7. The number of anilines is 1. The standard InChI is InChI=1S/C12H17BrN2O/c1-8-10(13)4-5-12(14-8)15(3)11-6-7-16-9(11)2/h4-5,9,11H,6-7H2,1-3H3. The predicted octanol–water partition coefficient (Wildman–Crippen LogP) is 2.77. The van der Waals surface area contributed by atoms with Crippen LogP contribution < -0.4 is 4.90 Å². The molecule has 4 heteroatoms. The third-order valence-corrected chi connectivity index (χ3v) is 4.04. The van der Waals surface area contributed by atoms with Gasteiger partial charge in [0.15, 0.2) is 0 Å². The summed E-state index contributed by atoms with van der Waals surface area (Å²) in [5.74, 6) is 1.02. The SMILES string of the molecule is Cc1nc(N(C)C2CCOC2C)ccc1Br. The highest BCUT2D eigenvalue weighted by atomic mass is 79.9. The van der Waals surface area contributed by atoms with E-state index in [1.165, 1.54) is 0 Å². The summed E-state index contributed by atoms with van der Waals surface area (Å²) in [6.45, 7) is 4.99.